The van der Waals surface area contributed by atoms with Gasteiger partial charge in [0.1, 0.15) is 5.82 Å². The van der Waals surface area contributed by atoms with Crippen LogP contribution >= 0.6 is 0 Å². The molecule has 3 aromatic rings. The van der Waals surface area contributed by atoms with E-state index < -0.39 is 17.5 Å². The van der Waals surface area contributed by atoms with Gasteiger partial charge in [-0.05, 0) is 55.3 Å². The van der Waals surface area contributed by atoms with Crippen LogP contribution in [0.3, 0.4) is 0 Å². The predicted octanol–water partition coefficient (Wildman–Crippen LogP) is 4.69. The average Bonchev–Trinajstić information content (AvgIpc) is 3.00. The number of nitrogens with one attached hydrogen (secondary N) is 1. The molecule has 1 amide bonds. The highest BCUT2D eigenvalue weighted by Crippen LogP contribution is 2.37. The molecule has 1 aliphatic heterocycles. The molecular weight excluding hydrogens is 348 g/mol. The highest BCUT2D eigenvalue weighted by molar-refractivity contribution is 6.04. The van der Waals surface area contributed by atoms with Gasteiger partial charge in [0, 0.05) is 17.3 Å². The highest BCUT2D eigenvalue weighted by Gasteiger charge is 2.27. The molecule has 0 saturated carbocycles. The molecule has 136 valence electrons. The Morgan fingerprint density at radius 1 is 1.11 bits per heavy atom. The van der Waals surface area contributed by atoms with Crippen molar-refractivity contribution in [3.8, 4) is 0 Å². The lowest BCUT2D eigenvalue weighted by atomic mass is 10.1. The standard InChI is InChI=1S/C21H17F2N3O/c1-13-10-14-4-2-3-5-19(14)26(13)20-9-7-16(12-24-20)25-21(27)15-6-8-17(22)18(23)11-15/h2-9,11-13H,10H2,1H3,(H,25,27). The zero-order valence-corrected chi connectivity index (χ0v) is 14.6. The summed E-state index contributed by atoms with van der Waals surface area (Å²) < 4.78 is 26.3. The van der Waals surface area contributed by atoms with Crippen LogP contribution in [0.15, 0.2) is 60.8 Å². The number of pyridine rings is 1. The summed E-state index contributed by atoms with van der Waals surface area (Å²) in [7, 11) is 0. The van der Waals surface area contributed by atoms with Crippen molar-refractivity contribution in [1.29, 1.82) is 0 Å². The average molecular weight is 365 g/mol. The number of halogens is 2. The number of amides is 1. The summed E-state index contributed by atoms with van der Waals surface area (Å²) in [6, 6.07) is 15.1. The molecule has 1 aliphatic rings. The minimum absolute atomic E-state index is 0.0417. The largest absolute Gasteiger partial charge is 0.323 e. The second-order valence-electron chi connectivity index (χ2n) is 6.54. The number of anilines is 3. The van der Waals surface area contributed by atoms with Gasteiger partial charge >= 0.3 is 0 Å². The van der Waals surface area contributed by atoms with Gasteiger partial charge in [0.15, 0.2) is 11.6 Å². The molecule has 0 bridgehead atoms. The summed E-state index contributed by atoms with van der Waals surface area (Å²) in [6.45, 7) is 2.14. The molecule has 6 heteroatoms. The summed E-state index contributed by atoms with van der Waals surface area (Å²) in [5.41, 5.74) is 2.94. The number of nitrogens with zero attached hydrogens (tertiary/aromatic N) is 2. The fourth-order valence-electron chi connectivity index (χ4n) is 3.36. The third-order valence-electron chi connectivity index (χ3n) is 4.64. The third kappa shape index (κ3) is 3.26. The maximum Gasteiger partial charge on any atom is 0.255 e. The van der Waals surface area contributed by atoms with E-state index in [1.807, 2.05) is 18.2 Å². The van der Waals surface area contributed by atoms with Crippen molar-refractivity contribution in [1.82, 2.24) is 4.98 Å². The van der Waals surface area contributed by atoms with Gasteiger partial charge in [-0.1, -0.05) is 18.2 Å². The first kappa shape index (κ1) is 17.1. The number of fused-ring (bicyclic) bond motifs is 1. The van der Waals surface area contributed by atoms with E-state index in [0.717, 1.165) is 30.1 Å². The van der Waals surface area contributed by atoms with Crippen molar-refractivity contribution < 1.29 is 13.6 Å². The first-order valence-electron chi connectivity index (χ1n) is 8.62. The number of carbonyl (C=O) groups is 1. The van der Waals surface area contributed by atoms with Crippen LogP contribution in [-0.2, 0) is 6.42 Å². The van der Waals surface area contributed by atoms with Crippen LogP contribution in [0, 0.1) is 11.6 Å². The molecular formula is C21H17F2N3O. The number of aromatic nitrogens is 1. The summed E-state index contributed by atoms with van der Waals surface area (Å²) in [5, 5.41) is 2.64. The van der Waals surface area contributed by atoms with Crippen LogP contribution in [0.2, 0.25) is 0 Å². The zero-order valence-electron chi connectivity index (χ0n) is 14.6. The quantitative estimate of drug-likeness (QED) is 0.732. The maximum atomic E-state index is 13.3. The van der Waals surface area contributed by atoms with Crippen molar-refractivity contribution in [3.63, 3.8) is 0 Å². The summed E-state index contributed by atoms with van der Waals surface area (Å²) >= 11 is 0. The molecule has 0 spiro atoms. The number of para-hydroxylation sites is 1. The lowest BCUT2D eigenvalue weighted by molar-refractivity contribution is 0.102. The molecule has 4 nitrogen and oxygen atoms in total. The predicted molar refractivity (Wildman–Crippen MR) is 100 cm³/mol. The van der Waals surface area contributed by atoms with Crippen LogP contribution in [0.4, 0.5) is 26.0 Å². The van der Waals surface area contributed by atoms with Gasteiger partial charge in [-0.2, -0.15) is 0 Å². The van der Waals surface area contributed by atoms with E-state index in [1.165, 1.54) is 11.6 Å². The van der Waals surface area contributed by atoms with Crippen molar-refractivity contribution in [2.75, 3.05) is 10.2 Å². The number of rotatable bonds is 3. The molecule has 0 fully saturated rings. The molecule has 0 aliphatic carbocycles. The van der Waals surface area contributed by atoms with Crippen LogP contribution in [0.5, 0.6) is 0 Å². The van der Waals surface area contributed by atoms with Gasteiger partial charge in [-0.15, -0.1) is 0 Å². The minimum Gasteiger partial charge on any atom is -0.323 e. The normalized spacial score (nSPS) is 15.5. The molecule has 1 atom stereocenters. The summed E-state index contributed by atoms with van der Waals surface area (Å²) in [5.74, 6) is -1.78. The van der Waals surface area contributed by atoms with Gasteiger partial charge in [-0.3, -0.25) is 4.79 Å². The van der Waals surface area contributed by atoms with Crippen LogP contribution in [0.25, 0.3) is 0 Å². The molecule has 0 saturated heterocycles. The smallest absolute Gasteiger partial charge is 0.255 e. The minimum atomic E-state index is -1.06. The summed E-state index contributed by atoms with van der Waals surface area (Å²) in [4.78, 5) is 18.8. The Balaban J connectivity index is 1.53. The van der Waals surface area contributed by atoms with Gasteiger partial charge in [-0.25, -0.2) is 13.8 Å². The topological polar surface area (TPSA) is 45.2 Å². The fraction of sp³-hybridized carbons (Fsp3) is 0.143. The summed E-state index contributed by atoms with van der Waals surface area (Å²) in [6.07, 6.45) is 2.51. The van der Waals surface area contributed by atoms with E-state index in [4.69, 9.17) is 0 Å². The Bertz CT molecular complexity index is 1000. The van der Waals surface area contributed by atoms with Crippen molar-refractivity contribution >= 4 is 23.1 Å². The van der Waals surface area contributed by atoms with E-state index >= 15 is 0 Å². The molecule has 4 rings (SSSR count). The molecule has 2 aromatic carbocycles. The van der Waals surface area contributed by atoms with Crippen LogP contribution < -0.4 is 10.2 Å². The molecule has 2 heterocycles. The lowest BCUT2D eigenvalue weighted by Gasteiger charge is -2.24. The second kappa shape index (κ2) is 6.79. The Labute approximate surface area is 155 Å². The van der Waals surface area contributed by atoms with Gasteiger partial charge in [0.2, 0.25) is 0 Å². The van der Waals surface area contributed by atoms with Crippen molar-refractivity contribution in [2.24, 2.45) is 0 Å². The Morgan fingerprint density at radius 3 is 2.67 bits per heavy atom. The van der Waals surface area contributed by atoms with E-state index in [-0.39, 0.29) is 11.6 Å². The fourth-order valence-corrected chi connectivity index (χ4v) is 3.36. The van der Waals surface area contributed by atoms with E-state index in [2.05, 4.69) is 34.3 Å². The first-order chi connectivity index (χ1) is 13.0. The molecule has 27 heavy (non-hydrogen) atoms. The number of carbonyl (C=O) groups excluding carboxylic acids is 1. The van der Waals surface area contributed by atoms with Crippen LogP contribution in [-0.4, -0.2) is 16.9 Å². The second-order valence-corrected chi connectivity index (χ2v) is 6.54. The Hall–Kier alpha value is -3.28. The monoisotopic (exact) mass is 365 g/mol. The number of hydrogen-bond donors (Lipinski definition) is 1. The maximum absolute atomic E-state index is 13.3. The molecule has 1 unspecified atom stereocenters. The Kier molecular flexibility index (Phi) is 4.32. The number of benzene rings is 2. The highest BCUT2D eigenvalue weighted by atomic mass is 19.2. The SMILES string of the molecule is CC1Cc2ccccc2N1c1ccc(NC(=O)c2ccc(F)c(F)c2)cn1. The Morgan fingerprint density at radius 2 is 1.93 bits per heavy atom. The lowest BCUT2D eigenvalue weighted by Crippen LogP contribution is -2.24. The van der Waals surface area contributed by atoms with E-state index in [0.29, 0.717) is 5.69 Å². The molecule has 0 radical (unpaired) electrons. The van der Waals surface area contributed by atoms with Gasteiger partial charge in [0.25, 0.3) is 5.91 Å². The van der Waals surface area contributed by atoms with Gasteiger partial charge in [0.05, 0.1) is 11.9 Å². The third-order valence-corrected chi connectivity index (χ3v) is 4.64. The van der Waals surface area contributed by atoms with E-state index in [1.54, 1.807) is 12.3 Å². The van der Waals surface area contributed by atoms with Gasteiger partial charge < -0.3 is 10.2 Å². The number of hydrogen-bond acceptors (Lipinski definition) is 3. The van der Waals surface area contributed by atoms with Crippen molar-refractivity contribution in [2.45, 2.75) is 19.4 Å². The molecule has 1 aromatic heterocycles. The van der Waals surface area contributed by atoms with Crippen LogP contribution in [0.1, 0.15) is 22.8 Å². The first-order valence-corrected chi connectivity index (χ1v) is 8.62. The van der Waals surface area contributed by atoms with E-state index in [9.17, 15) is 13.6 Å². The zero-order chi connectivity index (χ0) is 19.0. The van der Waals surface area contributed by atoms with Crippen molar-refractivity contribution in [3.05, 3.63) is 83.6 Å². The molecule has 1 N–H and O–H groups in total.